The number of hydrogen-bond donors (Lipinski definition) is 2. The number of aliphatic hydroxyl groups is 1. The molecule has 13 heavy (non-hydrogen) atoms. The van der Waals surface area contributed by atoms with E-state index in [-0.39, 0.29) is 12.5 Å². The molecule has 0 spiro atoms. The number of hydrogen-bond acceptors (Lipinski definition) is 2. The highest BCUT2D eigenvalue weighted by Crippen LogP contribution is 2.10. The molecule has 1 amide bonds. The van der Waals surface area contributed by atoms with Crippen LogP contribution in [-0.2, 0) is 4.79 Å². The smallest absolute Gasteiger partial charge is 0.220 e. The van der Waals surface area contributed by atoms with Gasteiger partial charge in [0.05, 0.1) is 12.1 Å². The molecular formula is C9H18FNO2. The molecule has 0 rings (SSSR count). The van der Waals surface area contributed by atoms with Crippen molar-refractivity contribution in [3.63, 3.8) is 0 Å². The third kappa shape index (κ3) is 5.58. The molecule has 0 aromatic rings. The van der Waals surface area contributed by atoms with Gasteiger partial charge >= 0.3 is 0 Å². The van der Waals surface area contributed by atoms with Crippen molar-refractivity contribution in [2.45, 2.75) is 45.4 Å². The summed E-state index contributed by atoms with van der Waals surface area (Å²) in [5.41, 5.74) is -1.39. The summed E-state index contributed by atoms with van der Waals surface area (Å²) in [6.07, 6.45) is -0.280. The predicted molar refractivity (Wildman–Crippen MR) is 49.1 cm³/mol. The van der Waals surface area contributed by atoms with Gasteiger partial charge in [-0.15, -0.1) is 0 Å². The Morgan fingerprint density at radius 2 is 2.15 bits per heavy atom. The predicted octanol–water partition coefficient (Wildman–Crippen LogP) is 1.01. The van der Waals surface area contributed by atoms with Crippen molar-refractivity contribution in [3.05, 3.63) is 0 Å². The molecule has 0 aliphatic carbocycles. The van der Waals surface area contributed by atoms with E-state index in [1.807, 2.05) is 6.92 Å². The van der Waals surface area contributed by atoms with Gasteiger partial charge in [0.1, 0.15) is 6.17 Å². The second-order valence-corrected chi connectivity index (χ2v) is 3.68. The van der Waals surface area contributed by atoms with Crippen LogP contribution in [0.5, 0.6) is 0 Å². The molecule has 0 aromatic carbocycles. The van der Waals surface area contributed by atoms with Crippen LogP contribution in [0, 0.1) is 0 Å². The van der Waals surface area contributed by atoms with Crippen LogP contribution in [-0.4, -0.2) is 29.3 Å². The van der Waals surface area contributed by atoms with E-state index in [1.54, 1.807) is 0 Å². The van der Waals surface area contributed by atoms with Crippen LogP contribution >= 0.6 is 0 Å². The molecule has 1 atom stereocenters. The van der Waals surface area contributed by atoms with E-state index in [2.05, 4.69) is 5.32 Å². The van der Waals surface area contributed by atoms with E-state index < -0.39 is 11.8 Å². The Balaban J connectivity index is 3.70. The van der Waals surface area contributed by atoms with Crippen LogP contribution in [0.3, 0.4) is 0 Å². The zero-order chi connectivity index (χ0) is 10.5. The Labute approximate surface area is 78.3 Å². The topological polar surface area (TPSA) is 49.3 Å². The summed E-state index contributed by atoms with van der Waals surface area (Å²) in [6, 6.07) is 0. The summed E-state index contributed by atoms with van der Waals surface area (Å²) in [5, 5.41) is 11.6. The van der Waals surface area contributed by atoms with Gasteiger partial charge in [-0.2, -0.15) is 0 Å². The van der Waals surface area contributed by atoms with Gasteiger partial charge in [-0.3, -0.25) is 4.79 Å². The second kappa shape index (κ2) is 5.17. The first-order valence-corrected chi connectivity index (χ1v) is 4.51. The molecular weight excluding hydrogens is 173 g/mol. The van der Waals surface area contributed by atoms with Crippen molar-refractivity contribution in [3.8, 4) is 0 Å². The van der Waals surface area contributed by atoms with Crippen LogP contribution in [0.4, 0.5) is 4.39 Å². The first kappa shape index (κ1) is 12.4. The van der Waals surface area contributed by atoms with Gasteiger partial charge in [-0.25, -0.2) is 4.39 Å². The molecule has 0 aliphatic rings. The fourth-order valence-corrected chi connectivity index (χ4v) is 0.769. The number of amides is 1. The SMILES string of the molecule is CCCC(=O)NCC(F)C(C)(C)O. The van der Waals surface area contributed by atoms with Crippen LogP contribution in [0.15, 0.2) is 0 Å². The van der Waals surface area contributed by atoms with Crippen molar-refractivity contribution in [1.82, 2.24) is 5.32 Å². The summed E-state index contributed by atoms with van der Waals surface area (Å²) >= 11 is 0. The van der Waals surface area contributed by atoms with Gasteiger partial charge in [0.2, 0.25) is 5.91 Å². The van der Waals surface area contributed by atoms with Crippen LogP contribution < -0.4 is 5.32 Å². The molecule has 78 valence electrons. The summed E-state index contributed by atoms with van der Waals surface area (Å²) in [6.45, 7) is 4.51. The van der Waals surface area contributed by atoms with Crippen molar-refractivity contribution in [2.24, 2.45) is 0 Å². The first-order valence-electron chi connectivity index (χ1n) is 4.51. The summed E-state index contributed by atoms with van der Waals surface area (Å²) in [5.74, 6) is -0.172. The molecule has 0 bridgehead atoms. The molecule has 0 heterocycles. The van der Waals surface area contributed by atoms with Crippen molar-refractivity contribution < 1.29 is 14.3 Å². The first-order chi connectivity index (χ1) is 5.88. The summed E-state index contributed by atoms with van der Waals surface area (Å²) in [7, 11) is 0. The molecule has 4 heteroatoms. The zero-order valence-corrected chi connectivity index (χ0v) is 8.43. The third-order valence-electron chi connectivity index (χ3n) is 1.72. The molecule has 0 aromatic heterocycles. The van der Waals surface area contributed by atoms with Crippen molar-refractivity contribution in [1.29, 1.82) is 0 Å². The average molecular weight is 191 g/mol. The Hall–Kier alpha value is -0.640. The fourth-order valence-electron chi connectivity index (χ4n) is 0.769. The lowest BCUT2D eigenvalue weighted by Crippen LogP contribution is -2.41. The molecule has 1 unspecified atom stereocenters. The maximum atomic E-state index is 13.0. The minimum atomic E-state index is -1.42. The van der Waals surface area contributed by atoms with Gasteiger partial charge in [-0.05, 0) is 20.3 Å². The lowest BCUT2D eigenvalue weighted by molar-refractivity contribution is -0.121. The number of carbonyl (C=O) groups is 1. The van der Waals surface area contributed by atoms with E-state index in [4.69, 9.17) is 0 Å². The Morgan fingerprint density at radius 3 is 2.54 bits per heavy atom. The Bertz CT molecular complexity index is 165. The maximum Gasteiger partial charge on any atom is 0.220 e. The molecule has 0 fully saturated rings. The number of alkyl halides is 1. The van der Waals surface area contributed by atoms with E-state index in [0.717, 1.165) is 6.42 Å². The van der Waals surface area contributed by atoms with E-state index in [0.29, 0.717) is 6.42 Å². The molecule has 0 saturated heterocycles. The van der Waals surface area contributed by atoms with E-state index in [9.17, 15) is 14.3 Å². The van der Waals surface area contributed by atoms with E-state index >= 15 is 0 Å². The quantitative estimate of drug-likeness (QED) is 0.681. The highest BCUT2D eigenvalue weighted by molar-refractivity contribution is 5.75. The van der Waals surface area contributed by atoms with Gasteiger partial charge in [0.25, 0.3) is 0 Å². The summed E-state index contributed by atoms with van der Waals surface area (Å²) in [4.78, 5) is 10.9. The van der Waals surface area contributed by atoms with Crippen LogP contribution in [0.25, 0.3) is 0 Å². The summed E-state index contributed by atoms with van der Waals surface area (Å²) < 4.78 is 13.0. The number of halogens is 1. The monoisotopic (exact) mass is 191 g/mol. The second-order valence-electron chi connectivity index (χ2n) is 3.68. The van der Waals surface area contributed by atoms with Crippen molar-refractivity contribution in [2.75, 3.05) is 6.54 Å². The largest absolute Gasteiger partial charge is 0.387 e. The minimum Gasteiger partial charge on any atom is -0.387 e. The highest BCUT2D eigenvalue weighted by Gasteiger charge is 2.26. The molecule has 0 aliphatic heterocycles. The lowest BCUT2D eigenvalue weighted by Gasteiger charge is -2.22. The minimum absolute atomic E-state index is 0.123. The van der Waals surface area contributed by atoms with E-state index in [1.165, 1.54) is 13.8 Å². The van der Waals surface area contributed by atoms with Gasteiger partial charge in [0.15, 0.2) is 0 Å². The fraction of sp³-hybridized carbons (Fsp3) is 0.889. The standard InChI is InChI=1S/C9H18FNO2/c1-4-5-8(12)11-6-7(10)9(2,3)13/h7,13H,4-6H2,1-3H3,(H,11,12). The van der Waals surface area contributed by atoms with Gasteiger partial charge in [0, 0.05) is 6.42 Å². The highest BCUT2D eigenvalue weighted by atomic mass is 19.1. The van der Waals surface area contributed by atoms with Crippen molar-refractivity contribution >= 4 is 5.91 Å². The lowest BCUT2D eigenvalue weighted by atomic mass is 10.0. The Morgan fingerprint density at radius 1 is 1.62 bits per heavy atom. The number of carbonyl (C=O) groups excluding carboxylic acids is 1. The molecule has 0 saturated carbocycles. The van der Waals surface area contributed by atoms with Crippen LogP contribution in [0.1, 0.15) is 33.6 Å². The zero-order valence-electron chi connectivity index (χ0n) is 8.43. The third-order valence-corrected chi connectivity index (χ3v) is 1.72. The molecule has 0 radical (unpaired) electrons. The van der Waals surface area contributed by atoms with Gasteiger partial charge < -0.3 is 10.4 Å². The van der Waals surface area contributed by atoms with Gasteiger partial charge in [-0.1, -0.05) is 6.92 Å². The maximum absolute atomic E-state index is 13.0. The molecule has 3 nitrogen and oxygen atoms in total. The number of nitrogens with one attached hydrogen (secondary N) is 1. The van der Waals surface area contributed by atoms with Crippen LogP contribution in [0.2, 0.25) is 0 Å². The number of rotatable bonds is 5. The Kier molecular flexibility index (Phi) is 4.91. The molecule has 2 N–H and O–H groups in total. The normalized spacial score (nSPS) is 13.9. The average Bonchev–Trinajstić information content (AvgIpc) is 1.99.